The maximum atomic E-state index is 6.14. The first-order valence-electron chi connectivity index (χ1n) is 7.49. The van der Waals surface area contributed by atoms with Crippen molar-refractivity contribution in [2.24, 2.45) is 0 Å². The van der Waals surface area contributed by atoms with Gasteiger partial charge < -0.3 is 15.0 Å². The van der Waals surface area contributed by atoms with E-state index in [2.05, 4.69) is 35.5 Å². The molecule has 2 heterocycles. The van der Waals surface area contributed by atoms with E-state index in [1.807, 2.05) is 0 Å². The Morgan fingerprint density at radius 1 is 1.11 bits per heavy atom. The van der Waals surface area contributed by atoms with Crippen molar-refractivity contribution in [3.63, 3.8) is 0 Å². The number of nitrogens with one attached hydrogen (secondary N) is 1. The van der Waals surface area contributed by atoms with Crippen molar-refractivity contribution < 1.29 is 4.74 Å². The minimum absolute atomic E-state index is 0.396. The summed E-state index contributed by atoms with van der Waals surface area (Å²) in [6.45, 7) is 4.49. The summed E-state index contributed by atoms with van der Waals surface area (Å²) < 4.78 is 6.14. The third-order valence-corrected chi connectivity index (χ3v) is 4.29. The van der Waals surface area contributed by atoms with Crippen LogP contribution in [0.25, 0.3) is 0 Å². The molecule has 19 heavy (non-hydrogen) atoms. The summed E-state index contributed by atoms with van der Waals surface area (Å²) in [4.78, 5) is 2.41. The molecule has 0 bridgehead atoms. The summed E-state index contributed by atoms with van der Waals surface area (Å²) in [5.41, 5.74) is 2.98. The van der Waals surface area contributed by atoms with Gasteiger partial charge in [-0.3, -0.25) is 0 Å². The average molecular weight is 260 g/mol. The largest absolute Gasteiger partial charge is 0.490 e. The van der Waals surface area contributed by atoms with Crippen LogP contribution >= 0.6 is 0 Å². The molecule has 0 unspecified atom stereocenters. The summed E-state index contributed by atoms with van der Waals surface area (Å²) in [5.74, 6) is 1.07. The predicted octanol–water partition coefficient (Wildman–Crippen LogP) is 1.85. The van der Waals surface area contributed by atoms with E-state index in [-0.39, 0.29) is 0 Å². The molecule has 0 atom stereocenters. The molecule has 0 aromatic heterocycles. The quantitative estimate of drug-likeness (QED) is 0.878. The highest BCUT2D eigenvalue weighted by atomic mass is 16.5. The van der Waals surface area contributed by atoms with Gasteiger partial charge in [-0.25, -0.2) is 0 Å². The normalized spacial score (nSPS) is 21.7. The molecule has 2 aliphatic heterocycles. The average Bonchev–Trinajstić information content (AvgIpc) is 2.62. The van der Waals surface area contributed by atoms with Crippen molar-refractivity contribution in [2.75, 3.05) is 33.2 Å². The van der Waals surface area contributed by atoms with Gasteiger partial charge in [0.15, 0.2) is 0 Å². The first-order chi connectivity index (χ1) is 9.31. The fraction of sp³-hybridized carbons (Fsp3) is 0.625. The molecule has 1 N–H and O–H groups in total. The van der Waals surface area contributed by atoms with E-state index >= 15 is 0 Å². The number of likely N-dealkylation sites (N-methyl/N-ethyl adjacent to an activating group) is 1. The van der Waals surface area contributed by atoms with E-state index < -0.39 is 0 Å². The van der Waals surface area contributed by atoms with Crippen molar-refractivity contribution in [2.45, 2.75) is 31.8 Å². The molecule has 2 aliphatic rings. The Balaban J connectivity index is 1.70. The second kappa shape index (κ2) is 5.93. The van der Waals surface area contributed by atoms with E-state index in [1.54, 1.807) is 0 Å². The smallest absolute Gasteiger partial charge is 0.120 e. The van der Waals surface area contributed by atoms with Gasteiger partial charge in [-0.1, -0.05) is 6.07 Å². The molecular weight excluding hydrogens is 236 g/mol. The van der Waals surface area contributed by atoms with Crippen LogP contribution in [0.15, 0.2) is 18.2 Å². The van der Waals surface area contributed by atoms with Crippen molar-refractivity contribution in [1.82, 2.24) is 10.2 Å². The Morgan fingerprint density at radius 2 is 1.84 bits per heavy atom. The fourth-order valence-electron chi connectivity index (χ4n) is 2.99. The highest BCUT2D eigenvalue weighted by Crippen LogP contribution is 2.23. The number of rotatable bonds is 2. The van der Waals surface area contributed by atoms with Crippen molar-refractivity contribution in [1.29, 1.82) is 0 Å². The van der Waals surface area contributed by atoms with Crippen LogP contribution in [-0.2, 0) is 12.8 Å². The van der Waals surface area contributed by atoms with Gasteiger partial charge in [0.2, 0.25) is 0 Å². The van der Waals surface area contributed by atoms with Gasteiger partial charge in [-0.2, -0.15) is 0 Å². The summed E-state index contributed by atoms with van der Waals surface area (Å²) in [5, 5.41) is 3.38. The summed E-state index contributed by atoms with van der Waals surface area (Å²) in [6, 6.07) is 6.70. The summed E-state index contributed by atoms with van der Waals surface area (Å²) in [6.07, 6.45) is 4.96. The Bertz CT molecular complexity index is 427. The minimum atomic E-state index is 0.396. The molecule has 3 nitrogen and oxygen atoms in total. The van der Waals surface area contributed by atoms with Crippen LogP contribution in [0, 0.1) is 0 Å². The molecule has 0 radical (unpaired) electrons. The number of fused-ring (bicyclic) bond motifs is 1. The second-order valence-electron chi connectivity index (χ2n) is 5.80. The highest BCUT2D eigenvalue weighted by molar-refractivity contribution is 5.37. The highest BCUT2D eigenvalue weighted by Gasteiger charge is 2.16. The lowest BCUT2D eigenvalue weighted by Gasteiger charge is -2.24. The molecule has 0 aliphatic carbocycles. The van der Waals surface area contributed by atoms with E-state index in [0.29, 0.717) is 6.10 Å². The standard InChI is InChI=1S/C16H24N2O/c1-18-10-6-13-2-3-16(12-14(13)7-11-18)19-15-4-8-17-9-5-15/h2-3,12,15,17H,4-11H2,1H3. The summed E-state index contributed by atoms with van der Waals surface area (Å²) in [7, 11) is 2.21. The number of nitrogens with zero attached hydrogens (tertiary/aromatic N) is 1. The molecule has 3 heteroatoms. The lowest BCUT2D eigenvalue weighted by molar-refractivity contribution is 0.162. The molecule has 1 aromatic carbocycles. The molecule has 3 rings (SSSR count). The molecule has 0 amide bonds. The third-order valence-electron chi connectivity index (χ3n) is 4.29. The van der Waals surface area contributed by atoms with Crippen molar-refractivity contribution in [3.05, 3.63) is 29.3 Å². The molecule has 1 saturated heterocycles. The zero-order valence-electron chi connectivity index (χ0n) is 11.8. The molecule has 1 fully saturated rings. The Hall–Kier alpha value is -1.06. The van der Waals surface area contributed by atoms with Gasteiger partial charge in [0.05, 0.1) is 0 Å². The number of benzene rings is 1. The monoisotopic (exact) mass is 260 g/mol. The van der Waals surface area contributed by atoms with Gasteiger partial charge >= 0.3 is 0 Å². The lowest BCUT2D eigenvalue weighted by Crippen LogP contribution is -2.34. The maximum absolute atomic E-state index is 6.14. The first kappa shape index (κ1) is 12.9. The Kier molecular flexibility index (Phi) is 4.04. The van der Waals surface area contributed by atoms with Gasteiger partial charge in [0, 0.05) is 13.1 Å². The predicted molar refractivity (Wildman–Crippen MR) is 77.9 cm³/mol. The lowest BCUT2D eigenvalue weighted by atomic mass is 10.0. The molecule has 104 valence electrons. The maximum Gasteiger partial charge on any atom is 0.120 e. The van der Waals surface area contributed by atoms with Crippen LogP contribution in [0.1, 0.15) is 24.0 Å². The minimum Gasteiger partial charge on any atom is -0.490 e. The zero-order valence-corrected chi connectivity index (χ0v) is 11.8. The van der Waals surface area contributed by atoms with E-state index in [1.165, 1.54) is 24.1 Å². The SMILES string of the molecule is CN1CCc2ccc(OC3CCNCC3)cc2CC1. The number of ether oxygens (including phenoxy) is 1. The molecular formula is C16H24N2O. The van der Waals surface area contributed by atoms with Crippen LogP contribution in [-0.4, -0.2) is 44.2 Å². The van der Waals surface area contributed by atoms with Gasteiger partial charge in [-0.15, -0.1) is 0 Å². The summed E-state index contributed by atoms with van der Waals surface area (Å²) >= 11 is 0. The van der Waals surface area contributed by atoms with Crippen molar-refractivity contribution >= 4 is 0 Å². The zero-order chi connectivity index (χ0) is 13.1. The third kappa shape index (κ3) is 3.28. The topological polar surface area (TPSA) is 24.5 Å². The van der Waals surface area contributed by atoms with Crippen molar-refractivity contribution in [3.8, 4) is 5.75 Å². The molecule has 0 saturated carbocycles. The fourth-order valence-corrected chi connectivity index (χ4v) is 2.99. The van der Waals surface area contributed by atoms with Crippen LogP contribution in [0.5, 0.6) is 5.75 Å². The first-order valence-corrected chi connectivity index (χ1v) is 7.49. The van der Waals surface area contributed by atoms with Gasteiger partial charge in [0.1, 0.15) is 11.9 Å². The number of hydrogen-bond acceptors (Lipinski definition) is 3. The Morgan fingerprint density at radius 3 is 2.63 bits per heavy atom. The van der Waals surface area contributed by atoms with E-state index in [0.717, 1.165) is 44.6 Å². The van der Waals surface area contributed by atoms with E-state index in [4.69, 9.17) is 4.74 Å². The van der Waals surface area contributed by atoms with Crippen LogP contribution in [0.3, 0.4) is 0 Å². The molecule has 1 aromatic rings. The second-order valence-corrected chi connectivity index (χ2v) is 5.80. The van der Waals surface area contributed by atoms with E-state index in [9.17, 15) is 0 Å². The van der Waals surface area contributed by atoms with Gasteiger partial charge in [0.25, 0.3) is 0 Å². The van der Waals surface area contributed by atoms with Gasteiger partial charge in [-0.05, 0) is 69.1 Å². The van der Waals surface area contributed by atoms with Crippen LogP contribution < -0.4 is 10.1 Å². The number of piperidine rings is 1. The van der Waals surface area contributed by atoms with Crippen LogP contribution in [0.2, 0.25) is 0 Å². The molecule has 0 spiro atoms. The number of hydrogen-bond donors (Lipinski definition) is 1. The van der Waals surface area contributed by atoms with Crippen LogP contribution in [0.4, 0.5) is 0 Å². The Labute approximate surface area is 115 Å².